The molecule has 128 valence electrons. The molecule has 1 unspecified atom stereocenters. The highest BCUT2D eigenvalue weighted by atomic mass is 16.5. The monoisotopic (exact) mass is 327 g/mol. The summed E-state index contributed by atoms with van der Waals surface area (Å²) in [7, 11) is 0. The molecule has 2 aliphatic heterocycles. The summed E-state index contributed by atoms with van der Waals surface area (Å²) in [5.41, 5.74) is 1.52. The Balaban J connectivity index is 1.40. The molecule has 2 fully saturated rings. The molecule has 0 saturated carbocycles. The maximum atomic E-state index is 5.98. The zero-order chi connectivity index (χ0) is 16.2. The number of aromatic nitrogens is 1. The number of rotatable bonds is 4. The van der Waals surface area contributed by atoms with Gasteiger partial charge in [0.2, 0.25) is 0 Å². The fraction of sp³-hybridized carbons (Fsp3) is 0.526. The van der Waals surface area contributed by atoms with Gasteiger partial charge in [0, 0.05) is 44.0 Å². The zero-order valence-electron chi connectivity index (χ0n) is 14.1. The van der Waals surface area contributed by atoms with E-state index in [1.54, 1.807) is 6.26 Å². The van der Waals surface area contributed by atoms with Gasteiger partial charge in [-0.25, -0.2) is 0 Å². The Morgan fingerprint density at radius 3 is 2.79 bits per heavy atom. The molecule has 4 rings (SSSR count). The largest absolute Gasteiger partial charge is 0.468 e. The van der Waals surface area contributed by atoms with Crippen LogP contribution >= 0.6 is 0 Å². The lowest BCUT2D eigenvalue weighted by Crippen LogP contribution is -2.40. The Morgan fingerprint density at radius 2 is 2.00 bits per heavy atom. The molecule has 1 atom stereocenters. The highest BCUT2D eigenvalue weighted by molar-refractivity contribution is 5.09. The molecule has 0 bridgehead atoms. The predicted molar refractivity (Wildman–Crippen MR) is 91.4 cm³/mol. The van der Waals surface area contributed by atoms with Crippen molar-refractivity contribution in [3.8, 4) is 0 Å². The minimum absolute atomic E-state index is 0.241. The molecule has 2 aromatic rings. The maximum Gasteiger partial charge on any atom is 0.117 e. The predicted octanol–water partition coefficient (Wildman–Crippen LogP) is 2.40. The van der Waals surface area contributed by atoms with Gasteiger partial charge < -0.3 is 9.15 Å². The molecular weight excluding hydrogens is 302 g/mol. The van der Waals surface area contributed by atoms with Crippen molar-refractivity contribution in [1.29, 1.82) is 0 Å². The number of ether oxygens (including phenoxy) is 1. The first-order chi connectivity index (χ1) is 11.8. The van der Waals surface area contributed by atoms with Crippen LogP contribution in [0, 0.1) is 5.41 Å². The summed E-state index contributed by atoms with van der Waals surface area (Å²) in [6.07, 6.45) is 6.75. The van der Waals surface area contributed by atoms with E-state index in [0.717, 1.165) is 58.2 Å². The molecule has 2 aromatic heterocycles. The van der Waals surface area contributed by atoms with Gasteiger partial charge in [0.25, 0.3) is 0 Å². The highest BCUT2D eigenvalue weighted by Crippen LogP contribution is 2.34. The minimum Gasteiger partial charge on any atom is -0.468 e. The van der Waals surface area contributed by atoms with Crippen LogP contribution in [0.25, 0.3) is 0 Å². The van der Waals surface area contributed by atoms with E-state index in [2.05, 4.69) is 26.9 Å². The summed E-state index contributed by atoms with van der Waals surface area (Å²) in [5, 5.41) is 0. The number of pyridine rings is 1. The van der Waals surface area contributed by atoms with Gasteiger partial charge in [-0.3, -0.25) is 14.8 Å². The third-order valence-corrected chi connectivity index (χ3v) is 5.13. The first-order valence-electron chi connectivity index (χ1n) is 8.75. The van der Waals surface area contributed by atoms with Crippen LogP contribution in [0.2, 0.25) is 0 Å². The molecule has 5 heteroatoms. The molecule has 5 nitrogen and oxygen atoms in total. The van der Waals surface area contributed by atoms with E-state index in [0.29, 0.717) is 0 Å². The van der Waals surface area contributed by atoms with Crippen LogP contribution in [0.1, 0.15) is 17.7 Å². The first kappa shape index (κ1) is 15.8. The molecule has 4 heterocycles. The maximum absolute atomic E-state index is 5.98. The summed E-state index contributed by atoms with van der Waals surface area (Å²) in [5.74, 6) is 1.05. The summed E-state index contributed by atoms with van der Waals surface area (Å²) in [6, 6.07) is 8.19. The third-order valence-electron chi connectivity index (χ3n) is 5.13. The van der Waals surface area contributed by atoms with Gasteiger partial charge in [-0.1, -0.05) is 6.07 Å². The first-order valence-corrected chi connectivity index (χ1v) is 8.75. The topological polar surface area (TPSA) is 41.7 Å². The van der Waals surface area contributed by atoms with Gasteiger partial charge in [-0.15, -0.1) is 0 Å². The smallest absolute Gasteiger partial charge is 0.117 e. The van der Waals surface area contributed by atoms with Crippen LogP contribution < -0.4 is 0 Å². The Bertz CT molecular complexity index is 631. The third kappa shape index (κ3) is 3.69. The van der Waals surface area contributed by atoms with Gasteiger partial charge in [-0.05, 0) is 36.7 Å². The second-order valence-corrected chi connectivity index (χ2v) is 7.16. The molecular formula is C19H25N3O2. The van der Waals surface area contributed by atoms with Crippen LogP contribution in [-0.4, -0.2) is 54.2 Å². The van der Waals surface area contributed by atoms with E-state index < -0.39 is 0 Å². The van der Waals surface area contributed by atoms with Gasteiger partial charge in [-0.2, -0.15) is 0 Å². The van der Waals surface area contributed by atoms with Gasteiger partial charge >= 0.3 is 0 Å². The fourth-order valence-corrected chi connectivity index (χ4v) is 4.00. The van der Waals surface area contributed by atoms with Crippen molar-refractivity contribution in [2.75, 3.05) is 39.4 Å². The number of hydrogen-bond acceptors (Lipinski definition) is 5. The zero-order valence-corrected chi connectivity index (χ0v) is 14.1. The summed E-state index contributed by atoms with van der Waals surface area (Å²) in [6.45, 7) is 7.83. The lowest BCUT2D eigenvalue weighted by Gasteiger charge is -2.32. The molecule has 1 spiro atoms. The van der Waals surface area contributed by atoms with Crippen LogP contribution in [0.4, 0.5) is 0 Å². The quantitative estimate of drug-likeness (QED) is 0.862. The molecule has 0 radical (unpaired) electrons. The molecule has 2 saturated heterocycles. The number of furan rings is 1. The Morgan fingerprint density at radius 1 is 1.08 bits per heavy atom. The van der Waals surface area contributed by atoms with Crippen molar-refractivity contribution in [2.45, 2.75) is 19.5 Å². The molecule has 0 aromatic carbocycles. The number of nitrogens with zero attached hydrogens (tertiary/aromatic N) is 3. The summed E-state index contributed by atoms with van der Waals surface area (Å²) in [4.78, 5) is 9.26. The van der Waals surface area contributed by atoms with Crippen LogP contribution in [0.15, 0.2) is 47.3 Å². The highest BCUT2D eigenvalue weighted by Gasteiger charge is 2.41. The van der Waals surface area contributed by atoms with E-state index in [1.807, 2.05) is 24.5 Å². The van der Waals surface area contributed by atoms with Crippen molar-refractivity contribution >= 4 is 0 Å². The second kappa shape index (κ2) is 7.05. The fourth-order valence-electron chi connectivity index (χ4n) is 4.00. The SMILES string of the molecule is c1cncc(CN2CCOCC3(CCN(Cc4ccco4)C3)C2)c1. The van der Waals surface area contributed by atoms with Crippen LogP contribution in [0.3, 0.4) is 0 Å². The van der Waals surface area contributed by atoms with E-state index in [-0.39, 0.29) is 5.41 Å². The summed E-state index contributed by atoms with van der Waals surface area (Å²) >= 11 is 0. The molecule has 0 amide bonds. The lowest BCUT2D eigenvalue weighted by molar-refractivity contribution is 0.0701. The Hall–Kier alpha value is -1.69. The van der Waals surface area contributed by atoms with E-state index in [4.69, 9.17) is 9.15 Å². The average molecular weight is 327 g/mol. The molecule has 0 aliphatic carbocycles. The number of likely N-dealkylation sites (tertiary alicyclic amines) is 1. The molecule has 2 aliphatic rings. The molecule has 24 heavy (non-hydrogen) atoms. The van der Waals surface area contributed by atoms with Crippen molar-refractivity contribution in [3.05, 3.63) is 54.2 Å². The number of hydrogen-bond donors (Lipinski definition) is 0. The summed E-state index contributed by atoms with van der Waals surface area (Å²) < 4.78 is 11.5. The Kier molecular flexibility index (Phi) is 4.65. The van der Waals surface area contributed by atoms with Gasteiger partial charge in [0.15, 0.2) is 0 Å². The van der Waals surface area contributed by atoms with Crippen LogP contribution in [0.5, 0.6) is 0 Å². The average Bonchev–Trinajstić information content (AvgIpc) is 3.19. The van der Waals surface area contributed by atoms with Gasteiger partial charge in [0.1, 0.15) is 5.76 Å². The van der Waals surface area contributed by atoms with Crippen molar-refractivity contribution in [2.24, 2.45) is 5.41 Å². The Labute approximate surface area is 143 Å². The minimum atomic E-state index is 0.241. The lowest BCUT2D eigenvalue weighted by atomic mass is 9.87. The van der Waals surface area contributed by atoms with E-state index in [1.165, 1.54) is 12.0 Å². The van der Waals surface area contributed by atoms with Crippen molar-refractivity contribution in [1.82, 2.24) is 14.8 Å². The second-order valence-electron chi connectivity index (χ2n) is 7.16. The normalized spacial score (nSPS) is 26.0. The van der Waals surface area contributed by atoms with Gasteiger partial charge in [0.05, 0.1) is 26.0 Å². The standard InChI is InChI=1S/C19H25N3O2/c1-3-17(11-20-6-1)12-22-8-10-23-16-19(15-22)5-7-21(14-19)13-18-4-2-9-24-18/h1-4,6,9,11H,5,7-8,10,12-16H2. The molecule has 0 N–H and O–H groups in total. The van der Waals surface area contributed by atoms with Crippen molar-refractivity contribution in [3.63, 3.8) is 0 Å². The van der Waals surface area contributed by atoms with Crippen LogP contribution in [-0.2, 0) is 17.8 Å². The van der Waals surface area contributed by atoms with E-state index >= 15 is 0 Å². The van der Waals surface area contributed by atoms with Crippen molar-refractivity contribution < 1.29 is 9.15 Å². The van der Waals surface area contributed by atoms with E-state index in [9.17, 15) is 0 Å².